The Hall–Kier alpha value is -2.69. The molecule has 0 aromatic carbocycles. The summed E-state index contributed by atoms with van der Waals surface area (Å²) in [6, 6.07) is 2.97. The fourth-order valence-electron chi connectivity index (χ4n) is 1.74. The fourth-order valence-corrected chi connectivity index (χ4v) is 1.74. The van der Waals surface area contributed by atoms with Crippen molar-refractivity contribution in [2.75, 3.05) is 11.9 Å². The van der Waals surface area contributed by atoms with Crippen molar-refractivity contribution in [3.63, 3.8) is 0 Å². The predicted molar refractivity (Wildman–Crippen MR) is 74.7 cm³/mol. The van der Waals surface area contributed by atoms with Crippen LogP contribution in [0.15, 0.2) is 12.3 Å². The minimum atomic E-state index is -0.834. The van der Waals surface area contributed by atoms with Gasteiger partial charge in [-0.3, -0.25) is 14.9 Å². The average molecular weight is 292 g/mol. The van der Waals surface area contributed by atoms with Gasteiger partial charge in [0.25, 0.3) is 0 Å². The predicted octanol–water partition coefficient (Wildman–Crippen LogP) is 2.16. The molecule has 0 aliphatic carbocycles. The first-order valence-electron chi connectivity index (χ1n) is 6.44. The van der Waals surface area contributed by atoms with E-state index in [-0.39, 0.29) is 29.4 Å². The zero-order valence-corrected chi connectivity index (χ0v) is 11.6. The Kier molecular flexibility index (Phi) is 6.07. The van der Waals surface area contributed by atoms with Crippen LogP contribution in [-0.2, 0) is 4.79 Å². The van der Waals surface area contributed by atoms with Crippen molar-refractivity contribution in [2.24, 2.45) is 5.92 Å². The van der Waals surface area contributed by atoms with E-state index in [9.17, 15) is 14.9 Å². The molecule has 8 heteroatoms. The van der Waals surface area contributed by atoms with Crippen LogP contribution in [0.25, 0.3) is 0 Å². The van der Waals surface area contributed by atoms with Gasteiger partial charge in [-0.2, -0.15) is 5.26 Å². The molecule has 0 radical (unpaired) electrons. The Bertz CT molecular complexity index is 568. The molecule has 1 rings (SSSR count). The summed E-state index contributed by atoms with van der Waals surface area (Å²) in [5, 5.41) is 31.1. The van der Waals surface area contributed by atoms with Crippen LogP contribution in [0.2, 0.25) is 0 Å². The summed E-state index contributed by atoms with van der Waals surface area (Å²) in [5.74, 6) is -0.533. The van der Waals surface area contributed by atoms with Gasteiger partial charge in [0.1, 0.15) is 6.07 Å². The molecule has 0 fully saturated rings. The molecular formula is C13H16N4O4. The van der Waals surface area contributed by atoms with Crippen LogP contribution in [0.1, 0.15) is 31.7 Å². The number of carbonyl (C=O) groups is 1. The van der Waals surface area contributed by atoms with Gasteiger partial charge in [0, 0.05) is 25.2 Å². The number of aliphatic carboxylic acids is 1. The largest absolute Gasteiger partial charge is 0.481 e. The first-order valence-corrected chi connectivity index (χ1v) is 6.44. The quantitative estimate of drug-likeness (QED) is 0.554. The highest BCUT2D eigenvalue weighted by Gasteiger charge is 2.16. The third kappa shape index (κ3) is 5.44. The van der Waals surface area contributed by atoms with E-state index in [1.807, 2.05) is 6.92 Å². The van der Waals surface area contributed by atoms with E-state index in [1.54, 1.807) is 6.07 Å². The minimum Gasteiger partial charge on any atom is -0.481 e. The molecule has 112 valence electrons. The molecule has 1 aromatic rings. The molecule has 1 heterocycles. The van der Waals surface area contributed by atoms with Crippen molar-refractivity contribution in [2.45, 2.75) is 26.2 Å². The first kappa shape index (κ1) is 16.4. The molecule has 0 aliphatic rings. The van der Waals surface area contributed by atoms with Crippen LogP contribution in [0, 0.1) is 27.4 Å². The number of nitro groups is 1. The molecule has 0 saturated carbocycles. The maximum atomic E-state index is 10.9. The molecular weight excluding hydrogens is 276 g/mol. The topological polar surface area (TPSA) is 129 Å². The molecule has 0 spiro atoms. The molecule has 0 bridgehead atoms. The molecule has 0 aliphatic heterocycles. The summed E-state index contributed by atoms with van der Waals surface area (Å²) in [5.41, 5.74) is -0.116. The van der Waals surface area contributed by atoms with Crippen molar-refractivity contribution in [3.8, 4) is 6.07 Å². The second kappa shape index (κ2) is 7.79. The molecule has 0 amide bonds. The average Bonchev–Trinajstić information content (AvgIpc) is 2.45. The molecule has 21 heavy (non-hydrogen) atoms. The Morgan fingerprint density at radius 1 is 1.62 bits per heavy atom. The number of carboxylic acid groups (broad SMARTS) is 1. The summed E-state index contributed by atoms with van der Waals surface area (Å²) in [6.45, 7) is 2.37. The Balaban J connectivity index is 2.57. The van der Waals surface area contributed by atoms with E-state index >= 15 is 0 Å². The molecule has 1 atom stereocenters. The number of anilines is 1. The molecule has 8 nitrogen and oxygen atoms in total. The smallest absolute Gasteiger partial charge is 0.312 e. The lowest BCUT2D eigenvalue weighted by atomic mass is 10.0. The number of nitriles is 1. The van der Waals surface area contributed by atoms with E-state index in [1.165, 1.54) is 12.3 Å². The number of carboxylic acids is 1. The van der Waals surface area contributed by atoms with Crippen molar-refractivity contribution in [3.05, 3.63) is 27.9 Å². The number of nitrogens with one attached hydrogen (secondary N) is 1. The normalized spacial score (nSPS) is 11.4. The third-order valence-electron chi connectivity index (χ3n) is 2.97. The van der Waals surface area contributed by atoms with Gasteiger partial charge in [-0.1, -0.05) is 6.92 Å². The third-order valence-corrected chi connectivity index (χ3v) is 2.97. The van der Waals surface area contributed by atoms with Crippen molar-refractivity contribution in [1.29, 1.82) is 5.26 Å². The minimum absolute atomic E-state index is 0.108. The SMILES string of the molecule is CC(CCNc1ncc(C#N)cc1[N+](=O)[O-])CCC(=O)O. The van der Waals surface area contributed by atoms with Gasteiger partial charge in [-0.05, 0) is 18.8 Å². The maximum absolute atomic E-state index is 10.9. The number of pyridine rings is 1. The lowest BCUT2D eigenvalue weighted by Crippen LogP contribution is -2.10. The standard InChI is InChI=1S/C13H16N4O4/c1-9(2-3-12(18)19)4-5-15-13-11(17(20)21)6-10(7-14)8-16-13/h6,8-9H,2-5H2,1H3,(H,15,16)(H,18,19). The lowest BCUT2D eigenvalue weighted by Gasteiger charge is -2.11. The van der Waals surface area contributed by atoms with E-state index in [0.29, 0.717) is 19.4 Å². The zero-order chi connectivity index (χ0) is 15.8. The summed E-state index contributed by atoms with van der Waals surface area (Å²) >= 11 is 0. The highest BCUT2D eigenvalue weighted by Crippen LogP contribution is 2.22. The van der Waals surface area contributed by atoms with Gasteiger partial charge in [0.2, 0.25) is 5.82 Å². The van der Waals surface area contributed by atoms with Crippen LogP contribution in [-0.4, -0.2) is 27.5 Å². The number of hydrogen-bond acceptors (Lipinski definition) is 6. The van der Waals surface area contributed by atoms with Crippen LogP contribution < -0.4 is 5.32 Å². The highest BCUT2D eigenvalue weighted by atomic mass is 16.6. The monoisotopic (exact) mass is 292 g/mol. The van der Waals surface area contributed by atoms with E-state index in [2.05, 4.69) is 10.3 Å². The number of nitrogens with zero attached hydrogens (tertiary/aromatic N) is 3. The lowest BCUT2D eigenvalue weighted by molar-refractivity contribution is -0.384. The Morgan fingerprint density at radius 2 is 2.33 bits per heavy atom. The Labute approximate surface area is 121 Å². The second-order valence-corrected chi connectivity index (χ2v) is 4.71. The van der Waals surface area contributed by atoms with Gasteiger partial charge < -0.3 is 10.4 Å². The Morgan fingerprint density at radius 3 is 2.90 bits per heavy atom. The summed E-state index contributed by atoms with van der Waals surface area (Å²) in [6.07, 6.45) is 2.60. The van der Waals surface area contributed by atoms with Crippen molar-refractivity contribution in [1.82, 2.24) is 4.98 Å². The van der Waals surface area contributed by atoms with Gasteiger partial charge >= 0.3 is 11.7 Å². The van der Waals surface area contributed by atoms with Crippen molar-refractivity contribution < 1.29 is 14.8 Å². The van der Waals surface area contributed by atoms with E-state index in [0.717, 1.165) is 0 Å². The van der Waals surface area contributed by atoms with Gasteiger partial charge in [0.05, 0.1) is 10.5 Å². The summed E-state index contributed by atoms with van der Waals surface area (Å²) in [7, 11) is 0. The molecule has 0 saturated heterocycles. The first-order chi connectivity index (χ1) is 9.93. The van der Waals surface area contributed by atoms with Crippen LogP contribution >= 0.6 is 0 Å². The van der Waals surface area contributed by atoms with Crippen molar-refractivity contribution >= 4 is 17.5 Å². The van der Waals surface area contributed by atoms with E-state index < -0.39 is 10.9 Å². The molecule has 1 unspecified atom stereocenters. The zero-order valence-electron chi connectivity index (χ0n) is 11.6. The second-order valence-electron chi connectivity index (χ2n) is 4.71. The van der Waals surface area contributed by atoms with Crippen LogP contribution in [0.3, 0.4) is 0 Å². The van der Waals surface area contributed by atoms with Gasteiger partial charge in [-0.15, -0.1) is 0 Å². The molecule has 2 N–H and O–H groups in total. The number of hydrogen-bond donors (Lipinski definition) is 2. The summed E-state index contributed by atoms with van der Waals surface area (Å²) in [4.78, 5) is 24.6. The van der Waals surface area contributed by atoms with Crippen LogP contribution in [0.4, 0.5) is 11.5 Å². The van der Waals surface area contributed by atoms with E-state index in [4.69, 9.17) is 10.4 Å². The summed E-state index contributed by atoms with van der Waals surface area (Å²) < 4.78 is 0. The fraction of sp³-hybridized carbons (Fsp3) is 0.462. The number of aromatic nitrogens is 1. The van der Waals surface area contributed by atoms with Gasteiger partial charge in [0.15, 0.2) is 0 Å². The molecule has 1 aromatic heterocycles. The maximum Gasteiger partial charge on any atom is 0.312 e. The van der Waals surface area contributed by atoms with Crippen LogP contribution in [0.5, 0.6) is 0 Å². The number of rotatable bonds is 8. The highest BCUT2D eigenvalue weighted by molar-refractivity contribution is 5.66. The van der Waals surface area contributed by atoms with Gasteiger partial charge in [-0.25, -0.2) is 4.98 Å².